The Kier molecular flexibility index (Phi) is 5.57. The Hall–Kier alpha value is -2.69. The van der Waals surface area contributed by atoms with E-state index in [4.69, 9.17) is 10.5 Å². The summed E-state index contributed by atoms with van der Waals surface area (Å²) in [7, 11) is 0. The van der Waals surface area contributed by atoms with Crippen molar-refractivity contribution in [2.75, 3.05) is 5.73 Å². The van der Waals surface area contributed by atoms with Crippen LogP contribution >= 0.6 is 0 Å². The second-order valence-corrected chi connectivity index (χ2v) is 11.3. The molecule has 180 valence electrons. The molecule has 0 aliphatic heterocycles. The number of nitrogen functional groups attached to an aromatic ring is 1. The zero-order valence-corrected chi connectivity index (χ0v) is 20.5. The van der Waals surface area contributed by atoms with Crippen LogP contribution in [0.3, 0.4) is 0 Å². The van der Waals surface area contributed by atoms with Gasteiger partial charge in [0.1, 0.15) is 0 Å². The first-order chi connectivity index (χ1) is 16.1. The van der Waals surface area contributed by atoms with E-state index in [0.717, 1.165) is 37.8 Å². The number of nitrogens with two attached hydrogens (primary N) is 1. The van der Waals surface area contributed by atoms with E-state index in [1.165, 1.54) is 29.2 Å². The Morgan fingerprint density at radius 2 is 1.79 bits per heavy atom. The average Bonchev–Trinajstić information content (AvgIpc) is 2.77. The molecule has 5 atom stereocenters. The standard InChI is InChI=1S/C29H35NO4/c1-17(31)29(34-18(2)32)13-12-26-24-10-6-20-14-22(33)9-11-23(20)27(24)25(15-28(26,3)16-29)19-4-7-21(30)8-5-19/h4-5,7-8,14,24-26H,6,9-13,15-16,30H2,1-3H3/t24?,25?,26?,28-,29+/m1/s1. The molecular formula is C29H35NO4. The molecule has 0 heterocycles. The van der Waals surface area contributed by atoms with E-state index >= 15 is 0 Å². The van der Waals surface area contributed by atoms with E-state index < -0.39 is 5.60 Å². The van der Waals surface area contributed by atoms with Crippen LogP contribution in [0.2, 0.25) is 0 Å². The number of carbonyl (C=O) groups excluding carboxylic acids is 3. The summed E-state index contributed by atoms with van der Waals surface area (Å²) >= 11 is 0. The molecule has 2 N–H and O–H groups in total. The zero-order valence-electron chi connectivity index (χ0n) is 20.5. The van der Waals surface area contributed by atoms with Gasteiger partial charge in [0, 0.05) is 31.4 Å². The fourth-order valence-electron chi connectivity index (χ4n) is 7.75. The summed E-state index contributed by atoms with van der Waals surface area (Å²) in [5.41, 5.74) is 11.0. The highest BCUT2D eigenvalue weighted by atomic mass is 16.6. The first-order valence-electron chi connectivity index (χ1n) is 12.6. The largest absolute Gasteiger partial charge is 0.451 e. The number of carbonyl (C=O) groups is 3. The van der Waals surface area contributed by atoms with Crippen LogP contribution in [0.15, 0.2) is 47.1 Å². The van der Waals surface area contributed by atoms with Crippen LogP contribution in [0.4, 0.5) is 5.69 Å². The number of rotatable bonds is 3. The topological polar surface area (TPSA) is 86.5 Å². The van der Waals surface area contributed by atoms with Crippen molar-refractivity contribution in [3.05, 3.63) is 52.6 Å². The molecule has 1 aromatic carbocycles. The van der Waals surface area contributed by atoms with Crippen LogP contribution in [0, 0.1) is 17.3 Å². The normalized spacial score (nSPS) is 35.0. The summed E-state index contributed by atoms with van der Waals surface area (Å²) < 4.78 is 5.78. The lowest BCUT2D eigenvalue weighted by Crippen LogP contribution is -2.55. The van der Waals surface area contributed by atoms with E-state index in [2.05, 4.69) is 19.1 Å². The molecule has 0 spiro atoms. The second kappa shape index (κ2) is 8.21. The number of allylic oxidation sites excluding steroid dienone is 4. The number of ether oxygens (including phenoxy) is 1. The third kappa shape index (κ3) is 3.73. The Morgan fingerprint density at radius 1 is 1.06 bits per heavy atom. The number of hydrogen-bond acceptors (Lipinski definition) is 5. The van der Waals surface area contributed by atoms with Crippen LogP contribution < -0.4 is 5.73 Å². The Bertz CT molecular complexity index is 1110. The highest BCUT2D eigenvalue weighted by Gasteiger charge is 2.58. The number of fused-ring (bicyclic) bond motifs is 4. The lowest BCUT2D eigenvalue weighted by molar-refractivity contribution is -0.179. The maximum atomic E-state index is 12.8. The smallest absolute Gasteiger partial charge is 0.303 e. The van der Waals surface area contributed by atoms with Crippen molar-refractivity contribution in [2.24, 2.45) is 17.3 Å². The van der Waals surface area contributed by atoms with Crippen molar-refractivity contribution < 1.29 is 19.1 Å². The lowest BCUT2D eigenvalue weighted by Gasteiger charge is -2.58. The third-order valence-corrected chi connectivity index (χ3v) is 9.11. The number of benzene rings is 1. The molecule has 4 aliphatic carbocycles. The molecule has 0 bridgehead atoms. The fraction of sp³-hybridized carbons (Fsp3) is 0.552. The number of anilines is 1. The van der Waals surface area contributed by atoms with Gasteiger partial charge in [-0.25, -0.2) is 0 Å². The Morgan fingerprint density at radius 3 is 2.47 bits per heavy atom. The minimum absolute atomic E-state index is 0.0461. The van der Waals surface area contributed by atoms with Gasteiger partial charge in [0.2, 0.25) is 0 Å². The average molecular weight is 462 g/mol. The highest BCUT2D eigenvalue weighted by Crippen LogP contribution is 2.64. The molecule has 34 heavy (non-hydrogen) atoms. The number of esters is 1. The van der Waals surface area contributed by atoms with Crippen LogP contribution in [-0.4, -0.2) is 23.1 Å². The molecule has 0 amide bonds. The molecular weight excluding hydrogens is 426 g/mol. The number of ketones is 2. The van der Waals surface area contributed by atoms with Gasteiger partial charge in [-0.05, 0) is 97.6 Å². The molecule has 3 unspecified atom stereocenters. The molecule has 5 heteroatoms. The molecule has 2 saturated carbocycles. The predicted octanol–water partition coefficient (Wildman–Crippen LogP) is 5.45. The molecule has 0 radical (unpaired) electrons. The van der Waals surface area contributed by atoms with E-state index in [1.807, 2.05) is 18.2 Å². The van der Waals surface area contributed by atoms with Gasteiger partial charge in [-0.2, -0.15) is 0 Å². The van der Waals surface area contributed by atoms with Gasteiger partial charge in [-0.1, -0.05) is 24.6 Å². The van der Waals surface area contributed by atoms with Gasteiger partial charge in [0.15, 0.2) is 17.2 Å². The minimum Gasteiger partial charge on any atom is -0.451 e. The van der Waals surface area contributed by atoms with Crippen molar-refractivity contribution >= 4 is 23.2 Å². The van der Waals surface area contributed by atoms with Gasteiger partial charge < -0.3 is 10.5 Å². The quantitative estimate of drug-likeness (QED) is 0.478. The van der Waals surface area contributed by atoms with Crippen molar-refractivity contribution in [3.63, 3.8) is 0 Å². The monoisotopic (exact) mass is 461 g/mol. The second-order valence-electron chi connectivity index (χ2n) is 11.3. The molecule has 0 aromatic heterocycles. The minimum atomic E-state index is -1.02. The summed E-state index contributed by atoms with van der Waals surface area (Å²) in [5, 5.41) is 0. The first-order valence-corrected chi connectivity index (χ1v) is 12.6. The summed E-state index contributed by atoms with van der Waals surface area (Å²) in [6, 6.07) is 8.20. The third-order valence-electron chi connectivity index (χ3n) is 9.11. The van der Waals surface area contributed by atoms with Crippen LogP contribution in [0.5, 0.6) is 0 Å². The molecule has 0 saturated heterocycles. The van der Waals surface area contributed by atoms with Crippen LogP contribution in [-0.2, 0) is 19.1 Å². The van der Waals surface area contributed by atoms with Crippen molar-refractivity contribution in [1.82, 2.24) is 0 Å². The number of Topliss-reactive ketones (excluding diaryl/α,β-unsaturated/α-hetero) is 1. The van der Waals surface area contributed by atoms with Gasteiger partial charge in [-0.3, -0.25) is 14.4 Å². The van der Waals surface area contributed by atoms with Gasteiger partial charge >= 0.3 is 5.97 Å². The molecule has 2 fully saturated rings. The fourth-order valence-corrected chi connectivity index (χ4v) is 7.75. The predicted molar refractivity (Wildman–Crippen MR) is 131 cm³/mol. The van der Waals surface area contributed by atoms with Crippen LogP contribution in [0.25, 0.3) is 0 Å². The van der Waals surface area contributed by atoms with E-state index in [0.29, 0.717) is 31.1 Å². The lowest BCUT2D eigenvalue weighted by atomic mass is 9.47. The Labute approximate surface area is 201 Å². The SMILES string of the molecule is CC(=O)O[C@@]1(C(C)=O)CCC2C3CCC4=CC(=O)CCC4=C3C(c3ccc(N)cc3)C[C@]2(C)C1. The van der Waals surface area contributed by atoms with Gasteiger partial charge in [0.05, 0.1) is 0 Å². The molecule has 5 nitrogen and oxygen atoms in total. The maximum absolute atomic E-state index is 12.8. The van der Waals surface area contributed by atoms with E-state index in [1.54, 1.807) is 6.92 Å². The summed E-state index contributed by atoms with van der Waals surface area (Å²) in [5.74, 6) is 0.873. The Balaban J connectivity index is 1.62. The summed E-state index contributed by atoms with van der Waals surface area (Å²) in [6.07, 6.45) is 8.22. The molecule has 5 rings (SSSR count). The first kappa shape index (κ1) is 23.1. The van der Waals surface area contributed by atoms with E-state index in [9.17, 15) is 14.4 Å². The maximum Gasteiger partial charge on any atom is 0.303 e. The van der Waals surface area contributed by atoms with Gasteiger partial charge in [0.25, 0.3) is 0 Å². The van der Waals surface area contributed by atoms with Crippen LogP contribution in [0.1, 0.15) is 83.6 Å². The zero-order chi connectivity index (χ0) is 24.3. The van der Waals surface area contributed by atoms with Crippen molar-refractivity contribution in [1.29, 1.82) is 0 Å². The summed E-state index contributed by atoms with van der Waals surface area (Å²) in [4.78, 5) is 37.0. The van der Waals surface area contributed by atoms with Crippen molar-refractivity contribution in [3.8, 4) is 0 Å². The molecule has 4 aliphatic rings. The van der Waals surface area contributed by atoms with E-state index in [-0.39, 0.29) is 28.9 Å². The molecule has 1 aromatic rings. The van der Waals surface area contributed by atoms with Crippen molar-refractivity contribution in [2.45, 2.75) is 83.7 Å². The summed E-state index contributed by atoms with van der Waals surface area (Å²) in [6.45, 7) is 5.27. The number of hydrogen-bond donors (Lipinski definition) is 1. The highest BCUT2D eigenvalue weighted by molar-refractivity contribution is 5.93. The van der Waals surface area contributed by atoms with Gasteiger partial charge in [-0.15, -0.1) is 0 Å².